The third kappa shape index (κ3) is 3.67. The molecule has 2 rings (SSSR count). The number of nitrogens with zero attached hydrogens (tertiary/aromatic N) is 1. The molecule has 0 spiro atoms. The molecule has 0 fully saturated rings. The van der Waals surface area contributed by atoms with E-state index in [1.807, 2.05) is 19.1 Å². The molecule has 0 aliphatic carbocycles. The number of rotatable bonds is 3. The summed E-state index contributed by atoms with van der Waals surface area (Å²) in [4.78, 5) is 16.3. The molecule has 1 aromatic heterocycles. The minimum Gasteiger partial charge on any atom is -0.395 e. The molecule has 0 bridgehead atoms. The molecule has 0 atom stereocenters. The van der Waals surface area contributed by atoms with E-state index in [0.29, 0.717) is 22.7 Å². The maximum Gasteiger partial charge on any atom is 0.258 e. The van der Waals surface area contributed by atoms with Crippen molar-refractivity contribution >= 4 is 22.4 Å². The number of aromatic nitrogens is 1. The Bertz CT molecular complexity index is 654. The van der Waals surface area contributed by atoms with E-state index in [-0.39, 0.29) is 12.5 Å². The first-order valence-corrected chi connectivity index (χ1v) is 7.00. The van der Waals surface area contributed by atoms with Gasteiger partial charge in [-0.15, -0.1) is 11.3 Å². The Morgan fingerprint density at radius 1 is 1.50 bits per heavy atom. The van der Waals surface area contributed by atoms with Gasteiger partial charge in [0.05, 0.1) is 12.2 Å². The Hall–Kier alpha value is -2.16. The van der Waals surface area contributed by atoms with Gasteiger partial charge < -0.3 is 5.11 Å². The molecule has 0 aliphatic heterocycles. The van der Waals surface area contributed by atoms with Gasteiger partial charge in [-0.1, -0.05) is 23.5 Å². The van der Waals surface area contributed by atoms with Crippen LogP contribution in [0.15, 0.2) is 29.8 Å². The van der Waals surface area contributed by atoms with Crippen LogP contribution in [0.2, 0.25) is 0 Å². The highest BCUT2D eigenvalue weighted by molar-refractivity contribution is 7.13. The molecular weight excluding hydrogens is 272 g/mol. The van der Waals surface area contributed by atoms with Crippen molar-refractivity contribution in [1.29, 1.82) is 0 Å². The number of aryl methyl sites for hydroxylation is 1. The number of benzene rings is 1. The van der Waals surface area contributed by atoms with Gasteiger partial charge in [-0.2, -0.15) is 0 Å². The van der Waals surface area contributed by atoms with Crippen molar-refractivity contribution in [3.63, 3.8) is 0 Å². The van der Waals surface area contributed by atoms with Crippen molar-refractivity contribution in [2.45, 2.75) is 13.3 Å². The minimum absolute atomic E-state index is 0.0134. The number of aliphatic hydroxyl groups excluding tert-OH is 1. The molecule has 1 amide bonds. The first-order chi connectivity index (χ1) is 9.70. The van der Waals surface area contributed by atoms with E-state index in [9.17, 15) is 4.79 Å². The van der Waals surface area contributed by atoms with E-state index in [4.69, 9.17) is 5.11 Å². The minimum atomic E-state index is -0.225. The van der Waals surface area contributed by atoms with Gasteiger partial charge in [-0.05, 0) is 19.1 Å². The quantitative estimate of drug-likeness (QED) is 0.852. The van der Waals surface area contributed by atoms with E-state index < -0.39 is 0 Å². The number of hydrogen-bond acceptors (Lipinski definition) is 4. The fraction of sp³-hybridized carbons (Fsp3) is 0.200. The lowest BCUT2D eigenvalue weighted by molar-refractivity contribution is 0.102. The Kier molecular flexibility index (Phi) is 4.88. The molecular formula is C15H14N2O2S. The molecule has 0 saturated heterocycles. The number of nitrogens with one attached hydrogen (secondary N) is 1. The number of hydrogen-bond donors (Lipinski definition) is 2. The van der Waals surface area contributed by atoms with E-state index in [0.717, 1.165) is 5.56 Å². The maximum absolute atomic E-state index is 12.3. The second-order valence-corrected chi connectivity index (χ2v) is 5.01. The second kappa shape index (κ2) is 6.85. The second-order valence-electron chi connectivity index (χ2n) is 4.12. The van der Waals surface area contributed by atoms with Crippen molar-refractivity contribution in [3.8, 4) is 11.8 Å². The number of amides is 1. The molecule has 0 radical (unpaired) electrons. The van der Waals surface area contributed by atoms with Gasteiger partial charge in [0.2, 0.25) is 0 Å². The highest BCUT2D eigenvalue weighted by atomic mass is 32.1. The highest BCUT2D eigenvalue weighted by Gasteiger charge is 2.11. The van der Waals surface area contributed by atoms with Crippen molar-refractivity contribution in [2.24, 2.45) is 0 Å². The lowest BCUT2D eigenvalue weighted by Crippen LogP contribution is -2.13. The molecule has 2 N–H and O–H groups in total. The van der Waals surface area contributed by atoms with E-state index in [1.165, 1.54) is 11.3 Å². The lowest BCUT2D eigenvalue weighted by atomic mass is 10.0. The van der Waals surface area contributed by atoms with Crippen LogP contribution in [0, 0.1) is 18.8 Å². The van der Waals surface area contributed by atoms with Crippen molar-refractivity contribution in [2.75, 3.05) is 11.9 Å². The molecule has 102 valence electrons. The van der Waals surface area contributed by atoms with Gasteiger partial charge in [-0.3, -0.25) is 10.1 Å². The van der Waals surface area contributed by atoms with Crippen LogP contribution in [0.25, 0.3) is 0 Å². The Balaban J connectivity index is 2.27. The van der Waals surface area contributed by atoms with Crippen molar-refractivity contribution in [3.05, 3.63) is 46.5 Å². The van der Waals surface area contributed by atoms with E-state index in [1.54, 1.807) is 17.6 Å². The van der Waals surface area contributed by atoms with Crippen LogP contribution in [0.1, 0.15) is 27.9 Å². The molecule has 1 heterocycles. The smallest absolute Gasteiger partial charge is 0.258 e. The summed E-state index contributed by atoms with van der Waals surface area (Å²) in [6.45, 7) is 1.94. The molecule has 4 nitrogen and oxygen atoms in total. The molecule has 0 saturated carbocycles. The van der Waals surface area contributed by atoms with Gasteiger partial charge in [0, 0.05) is 23.6 Å². The average molecular weight is 286 g/mol. The fourth-order valence-corrected chi connectivity index (χ4v) is 2.14. The monoisotopic (exact) mass is 286 g/mol. The summed E-state index contributed by atoms with van der Waals surface area (Å²) in [5.74, 6) is 5.52. The van der Waals surface area contributed by atoms with Crippen LogP contribution in [-0.2, 0) is 0 Å². The number of thiazole rings is 1. The predicted octanol–water partition coefficient (Wildman–Crippen LogP) is 2.44. The van der Waals surface area contributed by atoms with Crippen LogP contribution in [-0.4, -0.2) is 22.6 Å². The molecule has 0 unspecified atom stereocenters. The Morgan fingerprint density at radius 3 is 3.05 bits per heavy atom. The number of carbonyl (C=O) groups excluding carboxylic acids is 1. The zero-order valence-corrected chi connectivity index (χ0v) is 11.8. The van der Waals surface area contributed by atoms with Gasteiger partial charge in [0.1, 0.15) is 0 Å². The first kappa shape index (κ1) is 14.3. The number of anilines is 1. The largest absolute Gasteiger partial charge is 0.395 e. The van der Waals surface area contributed by atoms with E-state index in [2.05, 4.69) is 22.1 Å². The Morgan fingerprint density at radius 2 is 2.35 bits per heavy atom. The number of carbonyl (C=O) groups is 1. The van der Waals surface area contributed by atoms with Crippen LogP contribution < -0.4 is 5.32 Å². The third-order valence-electron chi connectivity index (χ3n) is 2.53. The first-order valence-electron chi connectivity index (χ1n) is 6.12. The topological polar surface area (TPSA) is 62.2 Å². The molecule has 5 heteroatoms. The fourth-order valence-electron chi connectivity index (χ4n) is 1.62. The summed E-state index contributed by atoms with van der Waals surface area (Å²) >= 11 is 1.37. The normalized spacial score (nSPS) is 9.70. The third-order valence-corrected chi connectivity index (χ3v) is 3.22. The zero-order valence-electron chi connectivity index (χ0n) is 11.0. The van der Waals surface area contributed by atoms with Gasteiger partial charge in [0.25, 0.3) is 5.91 Å². The summed E-state index contributed by atoms with van der Waals surface area (Å²) in [5.41, 5.74) is 2.16. The van der Waals surface area contributed by atoms with Gasteiger partial charge in [-0.25, -0.2) is 4.98 Å². The zero-order chi connectivity index (χ0) is 14.4. The summed E-state index contributed by atoms with van der Waals surface area (Å²) in [5, 5.41) is 13.9. The van der Waals surface area contributed by atoms with Crippen molar-refractivity contribution < 1.29 is 9.90 Å². The molecule has 2 aromatic rings. The van der Waals surface area contributed by atoms with Crippen molar-refractivity contribution in [1.82, 2.24) is 4.98 Å². The average Bonchev–Trinajstić information content (AvgIpc) is 2.93. The van der Waals surface area contributed by atoms with Gasteiger partial charge >= 0.3 is 0 Å². The van der Waals surface area contributed by atoms with Crippen LogP contribution in [0.3, 0.4) is 0 Å². The summed E-state index contributed by atoms with van der Waals surface area (Å²) in [6, 6.07) is 5.52. The van der Waals surface area contributed by atoms with Gasteiger partial charge in [0.15, 0.2) is 5.13 Å². The summed E-state index contributed by atoms with van der Waals surface area (Å²) in [7, 11) is 0. The standard InChI is InChI=1S/C15H14N2O2S/c1-11-5-6-12(4-2-3-8-18)13(10-11)14(19)17-15-16-7-9-20-15/h5-7,9-10,18H,3,8H2,1H3,(H,16,17,19). The summed E-state index contributed by atoms with van der Waals surface area (Å²) in [6.07, 6.45) is 2.03. The highest BCUT2D eigenvalue weighted by Crippen LogP contribution is 2.16. The summed E-state index contributed by atoms with van der Waals surface area (Å²) < 4.78 is 0. The molecule has 1 aromatic carbocycles. The van der Waals surface area contributed by atoms with E-state index >= 15 is 0 Å². The predicted molar refractivity (Wildman–Crippen MR) is 79.8 cm³/mol. The van der Waals surface area contributed by atoms with Crippen LogP contribution in [0.4, 0.5) is 5.13 Å². The lowest BCUT2D eigenvalue weighted by Gasteiger charge is -2.05. The SMILES string of the molecule is Cc1ccc(C#CCCO)c(C(=O)Nc2nccs2)c1. The molecule has 0 aliphatic rings. The van der Waals surface area contributed by atoms with Crippen LogP contribution in [0.5, 0.6) is 0 Å². The number of aliphatic hydroxyl groups is 1. The Labute approximate surface area is 121 Å². The molecule has 20 heavy (non-hydrogen) atoms. The maximum atomic E-state index is 12.3. The van der Waals surface area contributed by atoms with Crippen LogP contribution >= 0.6 is 11.3 Å².